The molecule has 2 aromatic heterocycles. The summed E-state index contributed by atoms with van der Waals surface area (Å²) in [6, 6.07) is 5.91. The number of aromatic nitrogens is 1. The number of fused-ring (bicyclic) bond motifs is 1. The van der Waals surface area contributed by atoms with Gasteiger partial charge in [-0.1, -0.05) is 6.42 Å². The molecular weight excluding hydrogens is 320 g/mol. The van der Waals surface area contributed by atoms with Crippen molar-refractivity contribution in [2.45, 2.75) is 25.9 Å². The van der Waals surface area contributed by atoms with Crippen LogP contribution in [-0.4, -0.2) is 35.5 Å². The lowest BCUT2D eigenvalue weighted by Gasteiger charge is -2.28. The summed E-state index contributed by atoms with van der Waals surface area (Å²) in [6.45, 7) is 3.08. The van der Waals surface area contributed by atoms with Gasteiger partial charge in [0.2, 0.25) is 0 Å². The average molecular weight is 342 g/mol. The van der Waals surface area contributed by atoms with E-state index < -0.39 is 0 Å². The van der Waals surface area contributed by atoms with Gasteiger partial charge in [0.25, 0.3) is 5.91 Å². The molecule has 1 amide bonds. The second-order valence-corrected chi connectivity index (χ2v) is 7.78. The quantitative estimate of drug-likeness (QED) is 0.834. The van der Waals surface area contributed by atoms with Crippen LogP contribution >= 0.6 is 11.3 Å². The fourth-order valence-electron chi connectivity index (χ4n) is 4.22. The second-order valence-electron chi connectivity index (χ2n) is 7.00. The minimum Gasteiger partial charge on any atom is -0.376 e. The maximum absolute atomic E-state index is 12.7. The van der Waals surface area contributed by atoms with Gasteiger partial charge in [-0.3, -0.25) is 9.78 Å². The average Bonchev–Trinajstić information content (AvgIpc) is 3.31. The molecule has 2 aliphatic rings. The van der Waals surface area contributed by atoms with E-state index in [1.807, 2.05) is 33.9 Å². The smallest absolute Gasteiger partial charge is 0.254 e. The van der Waals surface area contributed by atoms with Gasteiger partial charge in [-0.25, -0.2) is 0 Å². The van der Waals surface area contributed by atoms with E-state index in [1.54, 1.807) is 23.7 Å². The van der Waals surface area contributed by atoms with Crippen molar-refractivity contribution < 1.29 is 9.53 Å². The minimum atomic E-state index is 0.151. The molecular formula is C19H22N2O2S. The maximum Gasteiger partial charge on any atom is 0.254 e. The number of hydrogen-bond acceptors (Lipinski definition) is 4. The van der Waals surface area contributed by atoms with E-state index in [4.69, 9.17) is 4.74 Å². The first-order chi connectivity index (χ1) is 11.8. The van der Waals surface area contributed by atoms with Crippen molar-refractivity contribution in [2.75, 3.05) is 19.7 Å². The Labute approximate surface area is 146 Å². The van der Waals surface area contributed by atoms with Crippen molar-refractivity contribution in [3.8, 4) is 0 Å². The van der Waals surface area contributed by atoms with Gasteiger partial charge in [0.05, 0.1) is 18.8 Å². The molecule has 1 saturated carbocycles. The predicted octanol–water partition coefficient (Wildman–Crippen LogP) is 3.60. The highest BCUT2D eigenvalue weighted by molar-refractivity contribution is 7.08. The third-order valence-corrected chi connectivity index (χ3v) is 6.19. The topological polar surface area (TPSA) is 42.4 Å². The normalized spacial score (nSPS) is 25.8. The number of carbonyl (C=O) groups is 1. The molecule has 3 heterocycles. The van der Waals surface area contributed by atoms with E-state index in [1.165, 1.54) is 19.3 Å². The number of thiophene rings is 1. The third kappa shape index (κ3) is 2.98. The van der Waals surface area contributed by atoms with Crippen LogP contribution in [0.3, 0.4) is 0 Å². The van der Waals surface area contributed by atoms with Crippen molar-refractivity contribution in [2.24, 2.45) is 11.3 Å². The first kappa shape index (κ1) is 15.8. The van der Waals surface area contributed by atoms with Gasteiger partial charge in [0.15, 0.2) is 0 Å². The molecule has 4 rings (SSSR count). The number of pyridine rings is 1. The third-order valence-electron chi connectivity index (χ3n) is 5.50. The van der Waals surface area contributed by atoms with Crippen molar-refractivity contribution >= 4 is 17.2 Å². The van der Waals surface area contributed by atoms with Crippen LogP contribution in [0.4, 0.5) is 0 Å². The van der Waals surface area contributed by atoms with Crippen LogP contribution in [0, 0.1) is 11.3 Å². The molecule has 5 heteroatoms. The Balaban J connectivity index is 1.40. The highest BCUT2D eigenvalue weighted by Crippen LogP contribution is 2.49. The largest absolute Gasteiger partial charge is 0.376 e. The maximum atomic E-state index is 12.7. The standard InChI is InChI=1S/C19H22N2O2S/c22-18(16-5-9-24-12-16)21-10-17-2-1-6-19(17,13-21)14-23-11-15-3-7-20-8-4-15/h3-5,7-9,12,17H,1-2,6,10-11,13-14H2/t17-,19+/m0/s1. The van der Waals surface area contributed by atoms with Gasteiger partial charge in [0, 0.05) is 36.3 Å². The van der Waals surface area contributed by atoms with Gasteiger partial charge in [-0.15, -0.1) is 0 Å². The summed E-state index contributed by atoms with van der Waals surface area (Å²) in [4.78, 5) is 18.7. The van der Waals surface area contributed by atoms with Crippen LogP contribution in [0.2, 0.25) is 0 Å². The molecule has 2 aromatic rings. The molecule has 0 spiro atoms. The summed E-state index contributed by atoms with van der Waals surface area (Å²) in [5.74, 6) is 0.761. The molecule has 4 nitrogen and oxygen atoms in total. The van der Waals surface area contributed by atoms with Crippen molar-refractivity contribution in [1.29, 1.82) is 0 Å². The van der Waals surface area contributed by atoms with Crippen molar-refractivity contribution in [3.05, 3.63) is 52.5 Å². The van der Waals surface area contributed by atoms with E-state index in [9.17, 15) is 4.79 Å². The fourth-order valence-corrected chi connectivity index (χ4v) is 4.85. The number of hydrogen-bond donors (Lipinski definition) is 0. The summed E-state index contributed by atoms with van der Waals surface area (Å²) in [6.07, 6.45) is 7.23. The number of rotatable bonds is 5. The van der Waals surface area contributed by atoms with E-state index in [-0.39, 0.29) is 11.3 Å². The summed E-state index contributed by atoms with van der Waals surface area (Å²) in [5.41, 5.74) is 2.13. The summed E-state index contributed by atoms with van der Waals surface area (Å²) in [5, 5.41) is 3.92. The van der Waals surface area contributed by atoms with Crippen LogP contribution in [0.1, 0.15) is 35.2 Å². The fraction of sp³-hybridized carbons (Fsp3) is 0.474. The van der Waals surface area contributed by atoms with Crippen LogP contribution in [-0.2, 0) is 11.3 Å². The Hall–Kier alpha value is -1.72. The highest BCUT2D eigenvalue weighted by atomic mass is 32.1. The molecule has 126 valence electrons. The van der Waals surface area contributed by atoms with E-state index in [0.29, 0.717) is 12.5 Å². The second kappa shape index (κ2) is 6.65. The Bertz CT molecular complexity index is 689. The number of carbonyl (C=O) groups excluding carboxylic acids is 1. The minimum absolute atomic E-state index is 0.151. The molecule has 0 aromatic carbocycles. The lowest BCUT2D eigenvalue weighted by atomic mass is 9.81. The molecule has 1 aliphatic carbocycles. The Morgan fingerprint density at radius 3 is 3.04 bits per heavy atom. The van der Waals surface area contributed by atoms with Crippen LogP contribution in [0.25, 0.3) is 0 Å². The van der Waals surface area contributed by atoms with Crippen LogP contribution in [0.5, 0.6) is 0 Å². The van der Waals surface area contributed by atoms with Crippen LogP contribution in [0.15, 0.2) is 41.4 Å². The predicted molar refractivity (Wildman–Crippen MR) is 93.9 cm³/mol. The molecule has 0 radical (unpaired) electrons. The zero-order chi connectivity index (χ0) is 16.4. The number of nitrogens with zero attached hydrogens (tertiary/aromatic N) is 2. The zero-order valence-corrected chi connectivity index (χ0v) is 14.5. The summed E-state index contributed by atoms with van der Waals surface area (Å²) in [7, 11) is 0. The van der Waals surface area contributed by atoms with Crippen molar-refractivity contribution in [1.82, 2.24) is 9.88 Å². The number of ether oxygens (including phenoxy) is 1. The molecule has 1 saturated heterocycles. The van der Waals surface area contributed by atoms with Gasteiger partial charge >= 0.3 is 0 Å². The van der Waals surface area contributed by atoms with E-state index in [0.717, 1.165) is 30.8 Å². The molecule has 2 fully saturated rings. The molecule has 1 aliphatic heterocycles. The molecule has 0 N–H and O–H groups in total. The molecule has 0 unspecified atom stereocenters. The number of likely N-dealkylation sites (tertiary alicyclic amines) is 1. The monoisotopic (exact) mass is 342 g/mol. The Morgan fingerprint density at radius 1 is 1.38 bits per heavy atom. The number of amides is 1. The first-order valence-electron chi connectivity index (χ1n) is 8.55. The molecule has 24 heavy (non-hydrogen) atoms. The molecule has 0 bridgehead atoms. The lowest BCUT2D eigenvalue weighted by Crippen LogP contribution is -2.34. The zero-order valence-electron chi connectivity index (χ0n) is 13.7. The Morgan fingerprint density at radius 2 is 2.25 bits per heavy atom. The van der Waals surface area contributed by atoms with Crippen LogP contribution < -0.4 is 0 Å². The first-order valence-corrected chi connectivity index (χ1v) is 9.49. The summed E-state index contributed by atoms with van der Waals surface area (Å²) >= 11 is 1.58. The summed E-state index contributed by atoms with van der Waals surface area (Å²) < 4.78 is 6.06. The van der Waals surface area contributed by atoms with Gasteiger partial charge in [0.1, 0.15) is 0 Å². The lowest BCUT2D eigenvalue weighted by molar-refractivity contribution is 0.0265. The molecule has 2 atom stereocenters. The highest BCUT2D eigenvalue weighted by Gasteiger charge is 2.50. The van der Waals surface area contributed by atoms with Gasteiger partial charge < -0.3 is 9.64 Å². The van der Waals surface area contributed by atoms with Gasteiger partial charge in [-0.2, -0.15) is 11.3 Å². The van der Waals surface area contributed by atoms with Gasteiger partial charge in [-0.05, 0) is 47.9 Å². The van der Waals surface area contributed by atoms with E-state index >= 15 is 0 Å². The Kier molecular flexibility index (Phi) is 4.37. The van der Waals surface area contributed by atoms with E-state index in [2.05, 4.69) is 4.98 Å². The van der Waals surface area contributed by atoms with Crippen molar-refractivity contribution in [3.63, 3.8) is 0 Å². The SMILES string of the molecule is O=C(c1ccsc1)N1C[C@@H]2CCC[C@]2(COCc2ccncc2)C1.